The third kappa shape index (κ3) is 3.23. The molecule has 1 amide bonds. The van der Waals surface area contributed by atoms with Crippen LogP contribution in [0.3, 0.4) is 0 Å². The number of rotatable bonds is 3. The van der Waals surface area contributed by atoms with Crippen molar-refractivity contribution in [2.45, 2.75) is 0 Å². The van der Waals surface area contributed by atoms with Gasteiger partial charge in [-0.2, -0.15) is 0 Å². The topological polar surface area (TPSA) is 38.3 Å². The Morgan fingerprint density at radius 2 is 2.05 bits per heavy atom. The average molecular weight is 280 g/mol. The van der Waals surface area contributed by atoms with Crippen molar-refractivity contribution in [3.05, 3.63) is 58.9 Å². The summed E-state index contributed by atoms with van der Waals surface area (Å²) in [5.74, 6) is -0.581. The summed E-state index contributed by atoms with van der Waals surface area (Å²) >= 11 is 5.74. The van der Waals surface area contributed by atoms with Crippen molar-refractivity contribution in [3.8, 4) is 5.75 Å². The van der Waals surface area contributed by atoms with Gasteiger partial charge in [-0.05, 0) is 30.3 Å². The lowest BCUT2D eigenvalue weighted by atomic mass is 10.2. The second kappa shape index (κ2) is 5.71. The number of carbonyl (C=O) groups is 1. The van der Waals surface area contributed by atoms with E-state index in [0.717, 1.165) is 6.07 Å². The Morgan fingerprint density at radius 1 is 1.26 bits per heavy atom. The maximum Gasteiger partial charge on any atom is 0.258 e. The Kier molecular flexibility index (Phi) is 4.02. The summed E-state index contributed by atoms with van der Waals surface area (Å²) in [5, 5.41) is 2.89. The number of methoxy groups -OCH3 is 1. The Labute approximate surface area is 115 Å². The summed E-state index contributed by atoms with van der Waals surface area (Å²) < 4.78 is 18.6. The Morgan fingerprint density at radius 3 is 2.79 bits per heavy atom. The van der Waals surface area contributed by atoms with Crippen LogP contribution in [0.15, 0.2) is 42.5 Å². The smallest absolute Gasteiger partial charge is 0.258 e. The third-order valence-electron chi connectivity index (χ3n) is 2.50. The van der Waals surface area contributed by atoms with Gasteiger partial charge in [-0.15, -0.1) is 0 Å². The van der Waals surface area contributed by atoms with Crippen molar-refractivity contribution in [2.24, 2.45) is 0 Å². The van der Waals surface area contributed by atoms with Crippen LogP contribution in [0.1, 0.15) is 10.4 Å². The summed E-state index contributed by atoms with van der Waals surface area (Å²) in [5.41, 5.74) is 0.416. The lowest BCUT2D eigenvalue weighted by Gasteiger charge is -2.08. The highest BCUT2D eigenvalue weighted by atomic mass is 35.5. The van der Waals surface area contributed by atoms with E-state index in [9.17, 15) is 9.18 Å². The van der Waals surface area contributed by atoms with Gasteiger partial charge in [0.15, 0.2) is 0 Å². The summed E-state index contributed by atoms with van der Waals surface area (Å²) in [6.45, 7) is 0. The minimum atomic E-state index is -0.621. The number of amides is 1. The predicted molar refractivity (Wildman–Crippen MR) is 72.4 cm³/mol. The maximum absolute atomic E-state index is 13.5. The van der Waals surface area contributed by atoms with Crippen molar-refractivity contribution in [1.82, 2.24) is 0 Å². The van der Waals surface area contributed by atoms with Crippen LogP contribution in [-0.2, 0) is 0 Å². The van der Waals surface area contributed by atoms with E-state index in [1.54, 1.807) is 24.3 Å². The van der Waals surface area contributed by atoms with E-state index in [-0.39, 0.29) is 5.56 Å². The molecular weight excluding hydrogens is 269 g/mol. The van der Waals surface area contributed by atoms with Crippen LogP contribution in [0.5, 0.6) is 5.75 Å². The molecule has 3 nitrogen and oxygen atoms in total. The first-order chi connectivity index (χ1) is 9.10. The van der Waals surface area contributed by atoms with Crippen LogP contribution in [0.4, 0.5) is 10.1 Å². The quantitative estimate of drug-likeness (QED) is 0.929. The minimum Gasteiger partial charge on any atom is -0.497 e. The molecule has 0 fully saturated rings. The van der Waals surface area contributed by atoms with Crippen molar-refractivity contribution < 1.29 is 13.9 Å². The molecule has 2 rings (SSSR count). The molecule has 0 aliphatic rings. The number of carbonyl (C=O) groups excluding carboxylic acids is 1. The number of anilines is 1. The molecule has 0 radical (unpaired) electrons. The number of ether oxygens (including phenoxy) is 1. The zero-order valence-corrected chi connectivity index (χ0v) is 10.9. The van der Waals surface area contributed by atoms with Gasteiger partial charge in [-0.3, -0.25) is 4.79 Å². The lowest BCUT2D eigenvalue weighted by molar-refractivity contribution is 0.102. The minimum absolute atomic E-state index is 0.102. The van der Waals surface area contributed by atoms with Gasteiger partial charge in [-0.25, -0.2) is 4.39 Å². The van der Waals surface area contributed by atoms with Gasteiger partial charge in [0, 0.05) is 16.8 Å². The molecule has 5 heteroatoms. The first-order valence-electron chi connectivity index (χ1n) is 5.50. The van der Waals surface area contributed by atoms with E-state index in [1.165, 1.54) is 19.2 Å². The van der Waals surface area contributed by atoms with Crippen LogP contribution in [0.25, 0.3) is 0 Å². The molecule has 2 aromatic rings. The first kappa shape index (κ1) is 13.4. The van der Waals surface area contributed by atoms with Gasteiger partial charge >= 0.3 is 0 Å². The highest BCUT2D eigenvalue weighted by Crippen LogP contribution is 2.19. The standard InChI is InChI=1S/C14H11ClFNO2/c1-19-11-4-2-3-10(8-11)17-14(18)12-7-9(15)5-6-13(12)16/h2-8H,1H3,(H,17,18). The molecular formula is C14H11ClFNO2. The molecule has 0 aliphatic heterocycles. The number of halogens is 2. The van der Waals surface area contributed by atoms with Gasteiger partial charge in [-0.1, -0.05) is 17.7 Å². The van der Waals surface area contributed by atoms with Crippen LogP contribution in [0, 0.1) is 5.82 Å². The maximum atomic E-state index is 13.5. The van der Waals surface area contributed by atoms with E-state index >= 15 is 0 Å². The molecule has 1 N–H and O–H groups in total. The molecule has 0 atom stereocenters. The second-order valence-corrected chi connectivity index (χ2v) is 4.25. The van der Waals surface area contributed by atoms with Gasteiger partial charge in [0.05, 0.1) is 12.7 Å². The van der Waals surface area contributed by atoms with Crippen molar-refractivity contribution in [3.63, 3.8) is 0 Å². The molecule has 2 aromatic carbocycles. The Hall–Kier alpha value is -2.07. The van der Waals surface area contributed by atoms with Crippen molar-refractivity contribution in [2.75, 3.05) is 12.4 Å². The SMILES string of the molecule is COc1cccc(NC(=O)c2cc(Cl)ccc2F)c1. The molecule has 19 heavy (non-hydrogen) atoms. The van der Waals surface area contributed by atoms with Gasteiger partial charge < -0.3 is 10.1 Å². The Balaban J connectivity index is 2.23. The number of nitrogens with one attached hydrogen (secondary N) is 1. The lowest BCUT2D eigenvalue weighted by Crippen LogP contribution is -2.13. The van der Waals surface area contributed by atoms with Crippen LogP contribution in [-0.4, -0.2) is 13.0 Å². The molecule has 0 heterocycles. The number of hydrogen-bond acceptors (Lipinski definition) is 2. The fourth-order valence-electron chi connectivity index (χ4n) is 1.57. The molecule has 0 aromatic heterocycles. The van der Waals surface area contributed by atoms with Crippen molar-refractivity contribution in [1.29, 1.82) is 0 Å². The molecule has 0 saturated carbocycles. The average Bonchev–Trinajstić information content (AvgIpc) is 2.41. The monoisotopic (exact) mass is 279 g/mol. The summed E-state index contributed by atoms with van der Waals surface area (Å²) in [4.78, 5) is 11.9. The van der Waals surface area contributed by atoms with E-state index in [1.807, 2.05) is 0 Å². The number of hydrogen-bond donors (Lipinski definition) is 1. The van der Waals surface area contributed by atoms with E-state index in [0.29, 0.717) is 16.5 Å². The highest BCUT2D eigenvalue weighted by molar-refractivity contribution is 6.31. The van der Waals surface area contributed by atoms with Gasteiger partial charge in [0.25, 0.3) is 5.91 Å². The van der Waals surface area contributed by atoms with E-state index in [2.05, 4.69) is 5.32 Å². The normalized spacial score (nSPS) is 10.1. The van der Waals surface area contributed by atoms with Crippen LogP contribution in [0.2, 0.25) is 5.02 Å². The number of benzene rings is 2. The largest absolute Gasteiger partial charge is 0.497 e. The molecule has 98 valence electrons. The van der Waals surface area contributed by atoms with E-state index in [4.69, 9.17) is 16.3 Å². The van der Waals surface area contributed by atoms with E-state index < -0.39 is 11.7 Å². The fourth-order valence-corrected chi connectivity index (χ4v) is 1.74. The fraction of sp³-hybridized carbons (Fsp3) is 0.0714. The van der Waals surface area contributed by atoms with Crippen molar-refractivity contribution >= 4 is 23.2 Å². The molecule has 0 aliphatic carbocycles. The van der Waals surface area contributed by atoms with Gasteiger partial charge in [0.1, 0.15) is 11.6 Å². The first-order valence-corrected chi connectivity index (χ1v) is 5.88. The second-order valence-electron chi connectivity index (χ2n) is 3.81. The highest BCUT2D eigenvalue weighted by Gasteiger charge is 2.12. The molecule has 0 spiro atoms. The summed E-state index contributed by atoms with van der Waals surface area (Å²) in [6, 6.07) is 10.6. The zero-order valence-electron chi connectivity index (χ0n) is 10.1. The molecule has 0 saturated heterocycles. The van der Waals surface area contributed by atoms with Gasteiger partial charge in [0.2, 0.25) is 0 Å². The summed E-state index contributed by atoms with van der Waals surface area (Å²) in [7, 11) is 1.53. The third-order valence-corrected chi connectivity index (χ3v) is 2.74. The molecule has 0 unspecified atom stereocenters. The zero-order chi connectivity index (χ0) is 13.8. The summed E-state index contributed by atoms with van der Waals surface area (Å²) in [6.07, 6.45) is 0. The Bertz CT molecular complexity index is 616. The van der Waals surface area contributed by atoms with Crippen LogP contribution >= 0.6 is 11.6 Å². The van der Waals surface area contributed by atoms with Crippen LogP contribution < -0.4 is 10.1 Å². The predicted octanol–water partition coefficient (Wildman–Crippen LogP) is 3.74. The molecule has 0 bridgehead atoms.